The molecule has 4 heteroatoms. The molecule has 0 saturated carbocycles. The Hall–Kier alpha value is -1.55. The van der Waals surface area contributed by atoms with Gasteiger partial charge in [0.25, 0.3) is 0 Å². The van der Waals surface area contributed by atoms with Crippen molar-refractivity contribution in [2.45, 2.75) is 13.5 Å². The summed E-state index contributed by atoms with van der Waals surface area (Å²) in [5.41, 5.74) is 6.39. The van der Waals surface area contributed by atoms with Crippen LogP contribution >= 0.6 is 0 Å². The lowest BCUT2D eigenvalue weighted by atomic mass is 10.2. The highest BCUT2D eigenvalue weighted by molar-refractivity contribution is 5.77. The van der Waals surface area contributed by atoms with Gasteiger partial charge in [-0.3, -0.25) is 4.79 Å². The molecule has 1 rings (SSSR count). The summed E-state index contributed by atoms with van der Waals surface area (Å²) in [5.74, 6) is 0.763. The molecule has 0 aliphatic heterocycles. The molecule has 16 heavy (non-hydrogen) atoms. The van der Waals surface area contributed by atoms with Gasteiger partial charge in [0.1, 0.15) is 5.75 Å². The Morgan fingerprint density at radius 2 is 2.25 bits per heavy atom. The van der Waals surface area contributed by atoms with E-state index in [1.54, 1.807) is 12.0 Å². The number of carbonyl (C=O) groups excluding carboxylic acids is 1. The standard InChI is InChI=1S/C12H18N2O2/c1-3-14(12(15)8-13)9-10-5-4-6-11(7-10)16-2/h4-7H,3,8-9,13H2,1-2H3. The summed E-state index contributed by atoms with van der Waals surface area (Å²) >= 11 is 0. The van der Waals surface area contributed by atoms with Gasteiger partial charge in [-0.05, 0) is 24.6 Å². The van der Waals surface area contributed by atoms with Gasteiger partial charge in [-0.15, -0.1) is 0 Å². The molecule has 0 spiro atoms. The van der Waals surface area contributed by atoms with Crippen LogP contribution < -0.4 is 10.5 Å². The summed E-state index contributed by atoms with van der Waals surface area (Å²) in [6, 6.07) is 7.68. The van der Waals surface area contributed by atoms with Crippen LogP contribution in [0.2, 0.25) is 0 Å². The van der Waals surface area contributed by atoms with Crippen LogP contribution in [-0.2, 0) is 11.3 Å². The van der Waals surface area contributed by atoms with Crippen molar-refractivity contribution < 1.29 is 9.53 Å². The number of nitrogens with zero attached hydrogens (tertiary/aromatic N) is 1. The first-order valence-electron chi connectivity index (χ1n) is 5.32. The number of likely N-dealkylation sites (N-methyl/N-ethyl adjacent to an activating group) is 1. The molecule has 0 aliphatic rings. The summed E-state index contributed by atoms with van der Waals surface area (Å²) < 4.78 is 5.13. The molecule has 0 saturated heterocycles. The number of benzene rings is 1. The smallest absolute Gasteiger partial charge is 0.236 e. The first kappa shape index (κ1) is 12.5. The minimum absolute atomic E-state index is 0.0367. The minimum atomic E-state index is -0.0367. The number of rotatable bonds is 5. The molecule has 1 aromatic carbocycles. The highest BCUT2D eigenvalue weighted by atomic mass is 16.5. The average molecular weight is 222 g/mol. The molecule has 4 nitrogen and oxygen atoms in total. The highest BCUT2D eigenvalue weighted by Gasteiger charge is 2.10. The van der Waals surface area contributed by atoms with E-state index >= 15 is 0 Å². The van der Waals surface area contributed by atoms with E-state index in [2.05, 4.69) is 0 Å². The van der Waals surface area contributed by atoms with E-state index in [1.807, 2.05) is 31.2 Å². The molecule has 0 atom stereocenters. The Balaban J connectivity index is 2.73. The normalized spacial score (nSPS) is 9.94. The zero-order chi connectivity index (χ0) is 12.0. The fraction of sp³-hybridized carbons (Fsp3) is 0.417. The van der Waals surface area contributed by atoms with E-state index in [4.69, 9.17) is 10.5 Å². The van der Waals surface area contributed by atoms with Gasteiger partial charge < -0.3 is 15.4 Å². The van der Waals surface area contributed by atoms with Crippen molar-refractivity contribution >= 4 is 5.91 Å². The summed E-state index contributed by atoms with van der Waals surface area (Å²) in [7, 11) is 1.63. The Morgan fingerprint density at radius 3 is 2.81 bits per heavy atom. The number of carbonyl (C=O) groups is 1. The van der Waals surface area contributed by atoms with Gasteiger partial charge in [-0.2, -0.15) is 0 Å². The third kappa shape index (κ3) is 3.24. The Kier molecular flexibility index (Phi) is 4.79. The maximum Gasteiger partial charge on any atom is 0.236 e. The second kappa shape index (κ2) is 6.12. The molecule has 0 fully saturated rings. The number of ether oxygens (including phenoxy) is 1. The topological polar surface area (TPSA) is 55.6 Å². The predicted molar refractivity (Wildman–Crippen MR) is 63.1 cm³/mol. The number of nitrogens with two attached hydrogens (primary N) is 1. The molecule has 0 heterocycles. The van der Waals surface area contributed by atoms with E-state index in [9.17, 15) is 4.79 Å². The predicted octanol–water partition coefficient (Wildman–Crippen LogP) is 1.00. The van der Waals surface area contributed by atoms with Gasteiger partial charge >= 0.3 is 0 Å². The second-order valence-corrected chi connectivity index (χ2v) is 3.46. The lowest BCUT2D eigenvalue weighted by Crippen LogP contribution is -2.35. The van der Waals surface area contributed by atoms with Crippen molar-refractivity contribution in [1.82, 2.24) is 4.90 Å². The molecule has 0 aromatic heterocycles. The van der Waals surface area contributed by atoms with Crippen LogP contribution in [0, 0.1) is 0 Å². The number of methoxy groups -OCH3 is 1. The Labute approximate surface area is 96.0 Å². The molecular formula is C12H18N2O2. The number of hydrogen-bond acceptors (Lipinski definition) is 3. The van der Waals surface area contributed by atoms with Crippen LogP contribution in [-0.4, -0.2) is 31.0 Å². The quantitative estimate of drug-likeness (QED) is 0.808. The number of amides is 1. The first-order valence-corrected chi connectivity index (χ1v) is 5.32. The van der Waals surface area contributed by atoms with Crippen LogP contribution in [0.15, 0.2) is 24.3 Å². The van der Waals surface area contributed by atoms with Crippen molar-refractivity contribution in [1.29, 1.82) is 0 Å². The number of hydrogen-bond donors (Lipinski definition) is 1. The average Bonchev–Trinajstić information content (AvgIpc) is 2.35. The van der Waals surface area contributed by atoms with Gasteiger partial charge in [-0.25, -0.2) is 0 Å². The third-order valence-electron chi connectivity index (χ3n) is 2.42. The van der Waals surface area contributed by atoms with Crippen LogP contribution in [0.4, 0.5) is 0 Å². The largest absolute Gasteiger partial charge is 0.497 e. The monoisotopic (exact) mass is 222 g/mol. The van der Waals surface area contributed by atoms with E-state index in [0.29, 0.717) is 13.1 Å². The molecule has 0 bridgehead atoms. The lowest BCUT2D eigenvalue weighted by molar-refractivity contribution is -0.130. The second-order valence-electron chi connectivity index (χ2n) is 3.46. The van der Waals surface area contributed by atoms with Crippen LogP contribution in [0.5, 0.6) is 5.75 Å². The first-order chi connectivity index (χ1) is 7.71. The van der Waals surface area contributed by atoms with Crippen molar-refractivity contribution in [2.75, 3.05) is 20.2 Å². The van der Waals surface area contributed by atoms with Gasteiger partial charge in [-0.1, -0.05) is 12.1 Å². The highest BCUT2D eigenvalue weighted by Crippen LogP contribution is 2.14. The van der Waals surface area contributed by atoms with Crippen molar-refractivity contribution in [3.05, 3.63) is 29.8 Å². The maximum atomic E-state index is 11.5. The fourth-order valence-electron chi connectivity index (χ4n) is 1.50. The minimum Gasteiger partial charge on any atom is -0.497 e. The van der Waals surface area contributed by atoms with Crippen molar-refractivity contribution in [3.63, 3.8) is 0 Å². The van der Waals surface area contributed by atoms with Crippen LogP contribution in [0.3, 0.4) is 0 Å². The van der Waals surface area contributed by atoms with Crippen molar-refractivity contribution in [2.24, 2.45) is 5.73 Å². The van der Waals surface area contributed by atoms with Gasteiger partial charge in [0.05, 0.1) is 13.7 Å². The van der Waals surface area contributed by atoms with E-state index in [1.165, 1.54) is 0 Å². The Morgan fingerprint density at radius 1 is 1.50 bits per heavy atom. The lowest BCUT2D eigenvalue weighted by Gasteiger charge is -2.20. The van der Waals surface area contributed by atoms with E-state index in [-0.39, 0.29) is 12.5 Å². The molecule has 0 radical (unpaired) electrons. The molecule has 0 unspecified atom stereocenters. The zero-order valence-corrected chi connectivity index (χ0v) is 9.77. The summed E-state index contributed by atoms with van der Waals surface area (Å²) in [5, 5.41) is 0. The molecular weight excluding hydrogens is 204 g/mol. The summed E-state index contributed by atoms with van der Waals surface area (Å²) in [4.78, 5) is 13.2. The molecule has 1 aromatic rings. The zero-order valence-electron chi connectivity index (χ0n) is 9.77. The van der Waals surface area contributed by atoms with Gasteiger partial charge in [0.2, 0.25) is 5.91 Å². The van der Waals surface area contributed by atoms with E-state index in [0.717, 1.165) is 11.3 Å². The summed E-state index contributed by atoms with van der Waals surface area (Å²) in [6.45, 7) is 3.22. The summed E-state index contributed by atoms with van der Waals surface area (Å²) in [6.07, 6.45) is 0. The molecule has 0 aliphatic carbocycles. The SMILES string of the molecule is CCN(Cc1cccc(OC)c1)C(=O)CN. The Bertz CT molecular complexity index is 353. The van der Waals surface area contributed by atoms with Crippen LogP contribution in [0.1, 0.15) is 12.5 Å². The molecule has 88 valence electrons. The third-order valence-corrected chi connectivity index (χ3v) is 2.42. The van der Waals surface area contributed by atoms with Gasteiger partial charge in [0, 0.05) is 13.1 Å². The van der Waals surface area contributed by atoms with Gasteiger partial charge in [0.15, 0.2) is 0 Å². The van der Waals surface area contributed by atoms with E-state index < -0.39 is 0 Å². The fourth-order valence-corrected chi connectivity index (χ4v) is 1.50. The van der Waals surface area contributed by atoms with Crippen LogP contribution in [0.25, 0.3) is 0 Å². The maximum absolute atomic E-state index is 11.5. The molecule has 1 amide bonds. The molecule has 2 N–H and O–H groups in total. The van der Waals surface area contributed by atoms with Crippen molar-refractivity contribution in [3.8, 4) is 5.75 Å².